The fourth-order valence-electron chi connectivity index (χ4n) is 0.427. The molecule has 0 aliphatic carbocycles. The van der Waals surface area contributed by atoms with Crippen molar-refractivity contribution in [1.82, 2.24) is 0 Å². The van der Waals surface area contributed by atoms with Crippen molar-refractivity contribution in [1.29, 1.82) is 0 Å². The summed E-state index contributed by atoms with van der Waals surface area (Å²) in [6, 6.07) is 0. The molecule has 0 radical (unpaired) electrons. The van der Waals surface area contributed by atoms with Crippen molar-refractivity contribution in [2.45, 2.75) is 26.2 Å². The van der Waals surface area contributed by atoms with E-state index in [1.54, 1.807) is 0 Å². The van der Waals surface area contributed by atoms with Gasteiger partial charge in [-0.05, 0) is 0 Å². The van der Waals surface area contributed by atoms with E-state index in [4.69, 9.17) is 0 Å². The summed E-state index contributed by atoms with van der Waals surface area (Å²) in [6.45, 7) is 9.53. The van der Waals surface area contributed by atoms with Gasteiger partial charge in [0.05, 0.1) is 0 Å². The summed E-state index contributed by atoms with van der Waals surface area (Å²) in [6.07, 6.45) is 3.58. The number of hydrogen-bond donors (Lipinski definition) is 0. The standard InChI is InChI=1S/C7H13.BrH.Zn/c1-4-5-6-7(2)3;;/h2-6H2,1H3;1H;/q-1;;+2/p-1. The Bertz CT molecular complexity index is 61.9. The molecular weight excluding hydrogens is 229 g/mol. The van der Waals surface area contributed by atoms with E-state index in [9.17, 15) is 0 Å². The Hall–Kier alpha value is 0.713. The first kappa shape index (κ1) is 12.4. The first-order valence-electron chi connectivity index (χ1n) is 3.04. The fourth-order valence-corrected chi connectivity index (χ4v) is 0.427. The maximum absolute atomic E-state index is 3.68. The number of rotatable bonds is 3. The molecule has 0 heterocycles. The summed E-state index contributed by atoms with van der Waals surface area (Å²) in [5.74, 6) is 0. The quantitative estimate of drug-likeness (QED) is 0.525. The van der Waals surface area contributed by atoms with E-state index in [0.717, 1.165) is 12.0 Å². The Morgan fingerprint density at radius 2 is 2.11 bits per heavy atom. The molecule has 9 heavy (non-hydrogen) atoms. The Labute approximate surface area is 75.1 Å². The van der Waals surface area contributed by atoms with Crippen molar-refractivity contribution in [2.75, 3.05) is 0 Å². The minimum absolute atomic E-state index is 1.06. The molecule has 0 bridgehead atoms. The van der Waals surface area contributed by atoms with Gasteiger partial charge in [0, 0.05) is 0 Å². The van der Waals surface area contributed by atoms with Gasteiger partial charge in [-0.3, -0.25) is 0 Å². The van der Waals surface area contributed by atoms with Gasteiger partial charge in [-0.15, -0.1) is 0 Å². The van der Waals surface area contributed by atoms with E-state index >= 15 is 0 Å². The summed E-state index contributed by atoms with van der Waals surface area (Å²) in [4.78, 5) is 0. The van der Waals surface area contributed by atoms with E-state index in [1.807, 2.05) is 0 Å². The Morgan fingerprint density at radius 3 is 2.22 bits per heavy atom. The average Bonchev–Trinajstić information content (AvgIpc) is 1.88. The van der Waals surface area contributed by atoms with E-state index in [-0.39, 0.29) is 0 Å². The molecule has 0 atom stereocenters. The first-order chi connectivity index (χ1) is 4.27. The molecule has 0 saturated heterocycles. The molecule has 0 N–H and O–H groups in total. The molecule has 0 unspecified atom stereocenters. The van der Waals surface area contributed by atoms with Crippen LogP contribution in [-0.2, 0) is 16.3 Å². The van der Waals surface area contributed by atoms with Gasteiger partial charge in [0.2, 0.25) is 0 Å². The summed E-state index contributed by atoms with van der Waals surface area (Å²) >= 11 is 4.25. The van der Waals surface area contributed by atoms with Crippen LogP contribution in [0.25, 0.3) is 0 Å². The molecule has 0 saturated carbocycles. The van der Waals surface area contributed by atoms with Crippen LogP contribution in [0.1, 0.15) is 26.2 Å². The van der Waals surface area contributed by atoms with Crippen LogP contribution < -0.4 is 0 Å². The molecule has 0 aromatic rings. The molecular formula is C7H13BrZn. The fraction of sp³-hybridized carbons (Fsp3) is 0.571. The van der Waals surface area contributed by atoms with E-state index in [2.05, 4.69) is 34.0 Å². The molecule has 0 rings (SSSR count). The average molecular weight is 242 g/mol. The van der Waals surface area contributed by atoms with Crippen LogP contribution >= 0.6 is 13.6 Å². The van der Waals surface area contributed by atoms with Crippen LogP contribution in [0, 0.1) is 6.92 Å². The second kappa shape index (κ2) is 11.5. The van der Waals surface area contributed by atoms with Crippen molar-refractivity contribution < 1.29 is 16.3 Å². The second-order valence-corrected chi connectivity index (χ2v) is 1.85. The predicted octanol–water partition coefficient (Wildman–Crippen LogP) is 3.41. The maximum atomic E-state index is 3.68. The van der Waals surface area contributed by atoms with Crippen LogP contribution in [0.2, 0.25) is 0 Å². The summed E-state index contributed by atoms with van der Waals surface area (Å²) in [5.41, 5.74) is 1.06. The van der Waals surface area contributed by atoms with Gasteiger partial charge >= 0.3 is 30.0 Å². The van der Waals surface area contributed by atoms with Crippen LogP contribution in [0.5, 0.6) is 0 Å². The van der Waals surface area contributed by atoms with Crippen LogP contribution in [0.15, 0.2) is 12.2 Å². The Morgan fingerprint density at radius 1 is 1.67 bits per heavy atom. The first-order valence-corrected chi connectivity index (χ1v) is 9.98. The minimum atomic E-state index is 1.06. The van der Waals surface area contributed by atoms with E-state index < -0.39 is 0 Å². The molecule has 0 aromatic carbocycles. The van der Waals surface area contributed by atoms with E-state index in [1.165, 1.54) is 29.2 Å². The molecule has 0 amide bonds. The number of allylic oxidation sites excluding steroid dienone is 1. The molecule has 0 spiro atoms. The summed E-state index contributed by atoms with van der Waals surface area (Å²) in [7, 11) is 0. The summed E-state index contributed by atoms with van der Waals surface area (Å²) < 4.78 is 0. The van der Waals surface area contributed by atoms with Crippen molar-refractivity contribution in [3.63, 3.8) is 0 Å². The molecule has 2 heteroatoms. The zero-order valence-electron chi connectivity index (χ0n) is 6.12. The number of unbranched alkanes of at least 4 members (excludes halogenated alkanes) is 1. The van der Waals surface area contributed by atoms with Gasteiger partial charge in [-0.1, -0.05) is 26.2 Å². The number of hydrogen-bond acceptors (Lipinski definition) is 0. The van der Waals surface area contributed by atoms with Crippen molar-refractivity contribution >= 4 is 13.6 Å². The zero-order valence-corrected chi connectivity index (χ0v) is 10.7. The van der Waals surface area contributed by atoms with Crippen molar-refractivity contribution in [3.8, 4) is 0 Å². The molecule has 0 nitrogen and oxygen atoms in total. The van der Waals surface area contributed by atoms with Gasteiger partial charge in [0.25, 0.3) is 0 Å². The third kappa shape index (κ3) is 17.7. The molecule has 0 aliphatic rings. The Balaban J connectivity index is 0. The molecule has 0 aromatic heterocycles. The third-order valence-electron chi connectivity index (χ3n) is 0.884. The van der Waals surface area contributed by atoms with Crippen LogP contribution in [0.4, 0.5) is 0 Å². The zero-order chi connectivity index (χ0) is 7.70. The summed E-state index contributed by atoms with van der Waals surface area (Å²) in [5, 5.41) is 0. The normalized spacial score (nSPS) is 7.56. The van der Waals surface area contributed by atoms with Gasteiger partial charge < -0.3 is 0 Å². The SMILES string of the molecule is C=C([CH2-])CCCC.[Zn+][Br]. The van der Waals surface area contributed by atoms with E-state index in [0.29, 0.717) is 0 Å². The third-order valence-corrected chi connectivity index (χ3v) is 0.884. The molecule has 50 valence electrons. The topological polar surface area (TPSA) is 0 Å². The Kier molecular flexibility index (Phi) is 15.8. The van der Waals surface area contributed by atoms with Crippen LogP contribution in [0.3, 0.4) is 0 Å². The number of halogens is 1. The molecule has 0 fully saturated rings. The van der Waals surface area contributed by atoms with Crippen molar-refractivity contribution in [2.24, 2.45) is 0 Å². The van der Waals surface area contributed by atoms with Gasteiger partial charge in [0.15, 0.2) is 0 Å². The molecule has 0 aliphatic heterocycles. The monoisotopic (exact) mass is 240 g/mol. The van der Waals surface area contributed by atoms with Crippen molar-refractivity contribution in [3.05, 3.63) is 19.1 Å². The predicted molar refractivity (Wildman–Crippen MR) is 42.9 cm³/mol. The van der Waals surface area contributed by atoms with Gasteiger partial charge in [-0.2, -0.15) is 0 Å². The van der Waals surface area contributed by atoms with Gasteiger partial charge in [-0.25, -0.2) is 19.1 Å². The second-order valence-electron chi connectivity index (χ2n) is 1.85. The van der Waals surface area contributed by atoms with Crippen LogP contribution in [-0.4, -0.2) is 0 Å². The van der Waals surface area contributed by atoms with Gasteiger partial charge in [0.1, 0.15) is 0 Å².